The Morgan fingerprint density at radius 3 is 2.96 bits per heavy atom. The molecule has 26 heavy (non-hydrogen) atoms. The third-order valence-corrected chi connectivity index (χ3v) is 4.81. The van der Waals surface area contributed by atoms with Gasteiger partial charge in [0, 0.05) is 37.2 Å². The predicted molar refractivity (Wildman–Crippen MR) is 98.3 cm³/mol. The van der Waals surface area contributed by atoms with Crippen LogP contribution in [0.5, 0.6) is 11.5 Å². The summed E-state index contributed by atoms with van der Waals surface area (Å²) in [4.78, 5) is 19.2. The fourth-order valence-electron chi connectivity index (χ4n) is 3.53. The number of carbonyl (C=O) groups excluding carboxylic acids is 1. The molecule has 1 aromatic carbocycles. The Labute approximate surface area is 153 Å². The van der Waals surface area contributed by atoms with Crippen LogP contribution >= 0.6 is 0 Å². The second-order valence-electron chi connectivity index (χ2n) is 6.78. The summed E-state index contributed by atoms with van der Waals surface area (Å²) in [5.41, 5.74) is 1.93. The highest BCUT2D eigenvalue weighted by Crippen LogP contribution is 2.33. The summed E-state index contributed by atoms with van der Waals surface area (Å²) < 4.78 is 11.1. The molecule has 1 amide bonds. The SMILES string of the molecule is O=C(Nc1ccc2c(c1)OCCO2)C1CCCN(Cc2cccnc2)C1. The lowest BCUT2D eigenvalue weighted by Gasteiger charge is -2.32. The van der Waals surface area contributed by atoms with Gasteiger partial charge < -0.3 is 14.8 Å². The number of nitrogens with one attached hydrogen (secondary N) is 1. The van der Waals surface area contributed by atoms with Crippen molar-refractivity contribution >= 4 is 11.6 Å². The molecule has 1 aromatic heterocycles. The second kappa shape index (κ2) is 7.74. The normalized spacial score (nSPS) is 19.8. The van der Waals surface area contributed by atoms with Gasteiger partial charge in [0.2, 0.25) is 5.91 Å². The Morgan fingerprint density at radius 2 is 2.12 bits per heavy atom. The van der Waals surface area contributed by atoms with E-state index < -0.39 is 0 Å². The molecule has 1 atom stereocenters. The lowest BCUT2D eigenvalue weighted by atomic mass is 9.96. The Balaban J connectivity index is 1.37. The lowest BCUT2D eigenvalue weighted by molar-refractivity contribution is -0.121. The van der Waals surface area contributed by atoms with Crippen LogP contribution in [-0.2, 0) is 11.3 Å². The highest BCUT2D eigenvalue weighted by atomic mass is 16.6. The van der Waals surface area contributed by atoms with Crippen LogP contribution in [0.15, 0.2) is 42.7 Å². The van der Waals surface area contributed by atoms with Crippen LogP contribution in [0.1, 0.15) is 18.4 Å². The maximum atomic E-state index is 12.7. The van der Waals surface area contributed by atoms with E-state index >= 15 is 0 Å². The van der Waals surface area contributed by atoms with Gasteiger partial charge in [-0.1, -0.05) is 6.07 Å². The van der Waals surface area contributed by atoms with Gasteiger partial charge in [-0.2, -0.15) is 0 Å². The summed E-state index contributed by atoms with van der Waals surface area (Å²) in [6.07, 6.45) is 5.61. The van der Waals surface area contributed by atoms with Crippen molar-refractivity contribution in [2.45, 2.75) is 19.4 Å². The zero-order valence-electron chi connectivity index (χ0n) is 14.7. The van der Waals surface area contributed by atoms with Gasteiger partial charge in [0.05, 0.1) is 5.92 Å². The molecule has 6 nitrogen and oxygen atoms in total. The van der Waals surface area contributed by atoms with Crippen LogP contribution < -0.4 is 14.8 Å². The number of piperidine rings is 1. The molecule has 136 valence electrons. The van der Waals surface area contributed by atoms with Crippen molar-refractivity contribution in [1.29, 1.82) is 0 Å². The van der Waals surface area contributed by atoms with Crippen LogP contribution in [0.3, 0.4) is 0 Å². The summed E-state index contributed by atoms with van der Waals surface area (Å²) in [5, 5.41) is 3.03. The van der Waals surface area contributed by atoms with Crippen LogP contribution in [0, 0.1) is 5.92 Å². The van der Waals surface area contributed by atoms with Gasteiger partial charge in [0.1, 0.15) is 13.2 Å². The molecule has 0 saturated carbocycles. The Bertz CT molecular complexity index is 766. The minimum Gasteiger partial charge on any atom is -0.486 e. The Morgan fingerprint density at radius 1 is 1.23 bits per heavy atom. The second-order valence-corrected chi connectivity index (χ2v) is 6.78. The van der Waals surface area contributed by atoms with Crippen LogP contribution in [-0.4, -0.2) is 42.1 Å². The minimum atomic E-state index is -0.00591. The van der Waals surface area contributed by atoms with Crippen LogP contribution in [0.2, 0.25) is 0 Å². The van der Waals surface area contributed by atoms with E-state index in [2.05, 4.69) is 21.3 Å². The topological polar surface area (TPSA) is 63.7 Å². The largest absolute Gasteiger partial charge is 0.486 e. The van der Waals surface area contributed by atoms with E-state index in [0.717, 1.165) is 43.9 Å². The number of amides is 1. The Kier molecular flexibility index (Phi) is 5.02. The van der Waals surface area contributed by atoms with E-state index in [4.69, 9.17) is 9.47 Å². The van der Waals surface area contributed by atoms with Gasteiger partial charge in [-0.25, -0.2) is 0 Å². The number of hydrogen-bond acceptors (Lipinski definition) is 5. The number of hydrogen-bond donors (Lipinski definition) is 1. The number of ether oxygens (including phenoxy) is 2. The quantitative estimate of drug-likeness (QED) is 0.916. The first kappa shape index (κ1) is 16.8. The van der Waals surface area contributed by atoms with Gasteiger partial charge >= 0.3 is 0 Å². The van der Waals surface area contributed by atoms with Gasteiger partial charge in [-0.05, 0) is 43.1 Å². The molecule has 0 aliphatic carbocycles. The molecule has 1 N–H and O–H groups in total. The first-order valence-corrected chi connectivity index (χ1v) is 9.10. The average Bonchev–Trinajstić information content (AvgIpc) is 2.69. The molecular formula is C20H23N3O3. The highest BCUT2D eigenvalue weighted by molar-refractivity contribution is 5.93. The van der Waals surface area contributed by atoms with Gasteiger partial charge in [0.15, 0.2) is 11.5 Å². The van der Waals surface area contributed by atoms with Crippen molar-refractivity contribution in [2.75, 3.05) is 31.6 Å². The van der Waals surface area contributed by atoms with E-state index in [9.17, 15) is 4.79 Å². The molecule has 0 radical (unpaired) electrons. The molecule has 2 aromatic rings. The van der Waals surface area contributed by atoms with Gasteiger partial charge in [-0.3, -0.25) is 14.7 Å². The van der Waals surface area contributed by atoms with Crippen molar-refractivity contribution in [3.63, 3.8) is 0 Å². The summed E-state index contributed by atoms with van der Waals surface area (Å²) in [6.45, 7) is 3.72. The lowest BCUT2D eigenvalue weighted by Crippen LogP contribution is -2.40. The molecule has 0 spiro atoms. The summed E-state index contributed by atoms with van der Waals surface area (Å²) >= 11 is 0. The van der Waals surface area contributed by atoms with E-state index in [1.807, 2.05) is 30.5 Å². The standard InChI is InChI=1S/C20H23N3O3/c24-20(22-17-5-6-18-19(11-17)26-10-9-25-18)16-4-2-8-23(14-16)13-15-3-1-7-21-12-15/h1,3,5-7,11-12,16H,2,4,8-10,13-14H2,(H,22,24). The molecule has 3 heterocycles. The third kappa shape index (κ3) is 3.96. The van der Waals surface area contributed by atoms with Crippen LogP contribution in [0.4, 0.5) is 5.69 Å². The molecule has 6 heteroatoms. The summed E-state index contributed by atoms with van der Waals surface area (Å²) in [6, 6.07) is 9.57. The van der Waals surface area contributed by atoms with Crippen molar-refractivity contribution in [3.05, 3.63) is 48.3 Å². The fourth-order valence-corrected chi connectivity index (χ4v) is 3.53. The van der Waals surface area contributed by atoms with E-state index in [1.54, 1.807) is 6.20 Å². The van der Waals surface area contributed by atoms with Crippen molar-refractivity contribution < 1.29 is 14.3 Å². The number of rotatable bonds is 4. The zero-order valence-corrected chi connectivity index (χ0v) is 14.7. The number of fused-ring (bicyclic) bond motifs is 1. The molecule has 2 aliphatic heterocycles. The van der Waals surface area contributed by atoms with E-state index in [-0.39, 0.29) is 11.8 Å². The molecular weight excluding hydrogens is 330 g/mol. The van der Waals surface area contributed by atoms with Crippen molar-refractivity contribution in [2.24, 2.45) is 5.92 Å². The predicted octanol–water partition coefficient (Wildman–Crippen LogP) is 2.70. The van der Waals surface area contributed by atoms with Crippen LogP contribution in [0.25, 0.3) is 0 Å². The molecule has 1 unspecified atom stereocenters. The molecule has 0 bridgehead atoms. The molecule has 4 rings (SSSR count). The monoisotopic (exact) mass is 353 g/mol. The number of benzene rings is 1. The third-order valence-electron chi connectivity index (χ3n) is 4.81. The molecule has 1 saturated heterocycles. The van der Waals surface area contributed by atoms with Crippen molar-refractivity contribution in [1.82, 2.24) is 9.88 Å². The molecule has 2 aliphatic rings. The maximum Gasteiger partial charge on any atom is 0.228 e. The summed E-state index contributed by atoms with van der Waals surface area (Å²) in [5.74, 6) is 1.48. The Hall–Kier alpha value is -2.60. The number of likely N-dealkylation sites (tertiary alicyclic amines) is 1. The smallest absolute Gasteiger partial charge is 0.228 e. The highest BCUT2D eigenvalue weighted by Gasteiger charge is 2.26. The number of aromatic nitrogens is 1. The minimum absolute atomic E-state index is 0.00591. The maximum absolute atomic E-state index is 12.7. The zero-order chi connectivity index (χ0) is 17.8. The first-order valence-electron chi connectivity index (χ1n) is 9.10. The van der Waals surface area contributed by atoms with Crippen molar-refractivity contribution in [3.8, 4) is 11.5 Å². The number of pyridine rings is 1. The summed E-state index contributed by atoms with van der Waals surface area (Å²) in [7, 11) is 0. The number of anilines is 1. The molecule has 1 fully saturated rings. The fraction of sp³-hybridized carbons (Fsp3) is 0.400. The number of carbonyl (C=O) groups is 1. The first-order chi connectivity index (χ1) is 12.8. The van der Waals surface area contributed by atoms with Gasteiger partial charge in [0.25, 0.3) is 0 Å². The van der Waals surface area contributed by atoms with E-state index in [1.165, 1.54) is 5.56 Å². The van der Waals surface area contributed by atoms with E-state index in [0.29, 0.717) is 19.0 Å². The van der Waals surface area contributed by atoms with Gasteiger partial charge in [-0.15, -0.1) is 0 Å². The number of nitrogens with zero attached hydrogens (tertiary/aromatic N) is 2. The average molecular weight is 353 g/mol.